The van der Waals surface area contributed by atoms with Crippen LogP contribution in [0.1, 0.15) is 27.9 Å². The summed E-state index contributed by atoms with van der Waals surface area (Å²) in [6.45, 7) is 7.35. The summed E-state index contributed by atoms with van der Waals surface area (Å²) in [4.78, 5) is 14.1. The van der Waals surface area contributed by atoms with Gasteiger partial charge in [0.15, 0.2) is 0 Å². The molecule has 1 N–H and O–H groups in total. The fourth-order valence-electron chi connectivity index (χ4n) is 1.76. The summed E-state index contributed by atoms with van der Waals surface area (Å²) in [6, 6.07) is 5.74. The molecule has 0 unspecified atom stereocenters. The quantitative estimate of drug-likeness (QED) is 0.781. The molecule has 3 nitrogen and oxygen atoms in total. The molecule has 3 heteroatoms. The monoisotopic (exact) mass is 246 g/mol. The van der Waals surface area contributed by atoms with E-state index in [0.29, 0.717) is 6.54 Å². The lowest BCUT2D eigenvalue weighted by atomic mass is 10.0. The first-order valence-electron chi connectivity index (χ1n) is 6.20. The van der Waals surface area contributed by atoms with E-state index in [1.165, 1.54) is 0 Å². The van der Waals surface area contributed by atoms with Crippen molar-refractivity contribution in [2.45, 2.75) is 13.3 Å². The van der Waals surface area contributed by atoms with Gasteiger partial charge in [-0.05, 0) is 51.2 Å². The first kappa shape index (κ1) is 14.5. The van der Waals surface area contributed by atoms with Gasteiger partial charge in [-0.25, -0.2) is 0 Å². The van der Waals surface area contributed by atoms with Gasteiger partial charge in [0.2, 0.25) is 0 Å². The van der Waals surface area contributed by atoms with Crippen molar-refractivity contribution < 1.29 is 4.79 Å². The molecule has 0 aliphatic carbocycles. The molecule has 1 amide bonds. The fourth-order valence-corrected chi connectivity index (χ4v) is 1.76. The van der Waals surface area contributed by atoms with E-state index < -0.39 is 0 Å². The molecule has 0 aliphatic heterocycles. The van der Waals surface area contributed by atoms with Gasteiger partial charge >= 0.3 is 0 Å². The number of carbonyl (C=O) groups is 1. The Balaban J connectivity index is 2.54. The molecule has 1 aromatic rings. The van der Waals surface area contributed by atoms with Crippen molar-refractivity contribution in [1.29, 1.82) is 0 Å². The van der Waals surface area contributed by atoms with Crippen LogP contribution >= 0.6 is 0 Å². The molecule has 0 bridgehead atoms. The van der Waals surface area contributed by atoms with Crippen molar-refractivity contribution in [3.8, 4) is 0 Å². The van der Waals surface area contributed by atoms with Gasteiger partial charge in [-0.2, -0.15) is 0 Å². The molecular formula is C15H22N2O. The third kappa shape index (κ3) is 4.34. The number of hydrogen-bond donors (Lipinski definition) is 1. The van der Waals surface area contributed by atoms with Crippen LogP contribution in [-0.4, -0.2) is 38.0 Å². The maximum Gasteiger partial charge on any atom is 0.251 e. The molecule has 0 aromatic heterocycles. The Morgan fingerprint density at radius 1 is 1.44 bits per heavy atom. The normalized spacial score (nSPS) is 10.4. The molecular weight excluding hydrogens is 224 g/mol. The van der Waals surface area contributed by atoms with Gasteiger partial charge in [-0.1, -0.05) is 24.8 Å². The molecule has 0 radical (unpaired) electrons. The summed E-state index contributed by atoms with van der Waals surface area (Å²) in [7, 11) is 4.06. The number of benzene rings is 1. The number of hydrogen-bond acceptors (Lipinski definition) is 2. The van der Waals surface area contributed by atoms with E-state index in [1.807, 2.05) is 39.2 Å². The Labute approximate surface area is 109 Å². The molecule has 18 heavy (non-hydrogen) atoms. The maximum absolute atomic E-state index is 12.0. The summed E-state index contributed by atoms with van der Waals surface area (Å²) >= 11 is 0. The van der Waals surface area contributed by atoms with Crippen molar-refractivity contribution >= 4 is 12.0 Å². The van der Waals surface area contributed by atoms with Gasteiger partial charge in [0.25, 0.3) is 5.91 Å². The molecule has 0 saturated carbocycles. The molecule has 0 fully saturated rings. The van der Waals surface area contributed by atoms with E-state index in [4.69, 9.17) is 0 Å². The van der Waals surface area contributed by atoms with Crippen LogP contribution in [-0.2, 0) is 0 Å². The van der Waals surface area contributed by atoms with Gasteiger partial charge in [0, 0.05) is 12.1 Å². The van der Waals surface area contributed by atoms with Gasteiger partial charge in [-0.3, -0.25) is 4.79 Å². The molecule has 0 atom stereocenters. The first-order chi connectivity index (χ1) is 8.54. The standard InChI is InChI=1S/C15H22N2O/c1-5-13-7-8-14(12(2)11-13)15(18)16-9-6-10-17(3)4/h5,7-8,11H,1,6,9-10H2,2-4H3,(H,16,18). The van der Waals surface area contributed by atoms with Crippen LogP contribution in [0.25, 0.3) is 6.08 Å². The average Bonchev–Trinajstić information content (AvgIpc) is 2.33. The second-order valence-corrected chi connectivity index (χ2v) is 4.69. The second kappa shape index (κ2) is 6.97. The summed E-state index contributed by atoms with van der Waals surface area (Å²) < 4.78 is 0. The third-order valence-electron chi connectivity index (χ3n) is 2.80. The smallest absolute Gasteiger partial charge is 0.251 e. The number of amides is 1. The molecule has 0 spiro atoms. The van der Waals surface area contributed by atoms with Crippen LogP contribution in [0.15, 0.2) is 24.8 Å². The molecule has 1 aromatic carbocycles. The Morgan fingerprint density at radius 2 is 2.17 bits per heavy atom. The number of carbonyl (C=O) groups excluding carboxylic acids is 1. The van der Waals surface area contributed by atoms with Gasteiger partial charge in [-0.15, -0.1) is 0 Å². The number of aryl methyl sites for hydroxylation is 1. The largest absolute Gasteiger partial charge is 0.352 e. The summed E-state index contributed by atoms with van der Waals surface area (Å²) in [6.07, 6.45) is 2.74. The fraction of sp³-hybridized carbons (Fsp3) is 0.400. The highest BCUT2D eigenvalue weighted by molar-refractivity contribution is 5.95. The Hall–Kier alpha value is -1.61. The van der Waals surface area contributed by atoms with E-state index in [-0.39, 0.29) is 5.91 Å². The Kier molecular flexibility index (Phi) is 5.59. The third-order valence-corrected chi connectivity index (χ3v) is 2.80. The van der Waals surface area contributed by atoms with Crippen molar-refractivity contribution in [2.75, 3.05) is 27.2 Å². The average molecular weight is 246 g/mol. The minimum atomic E-state index is 0.00173. The molecule has 98 valence electrons. The molecule has 1 rings (SSSR count). The number of nitrogens with zero attached hydrogens (tertiary/aromatic N) is 1. The SMILES string of the molecule is C=Cc1ccc(C(=O)NCCCN(C)C)c(C)c1. The lowest BCUT2D eigenvalue weighted by Gasteiger charge is -2.11. The Bertz CT molecular complexity index is 425. The number of nitrogens with one attached hydrogen (secondary N) is 1. The summed E-state index contributed by atoms with van der Waals surface area (Å²) in [5, 5.41) is 2.94. The van der Waals surface area contributed by atoms with Crippen LogP contribution in [0.4, 0.5) is 0 Å². The van der Waals surface area contributed by atoms with E-state index >= 15 is 0 Å². The van der Waals surface area contributed by atoms with Crippen LogP contribution in [0, 0.1) is 6.92 Å². The van der Waals surface area contributed by atoms with Gasteiger partial charge in [0.1, 0.15) is 0 Å². The van der Waals surface area contributed by atoms with Crippen LogP contribution in [0.3, 0.4) is 0 Å². The van der Waals surface area contributed by atoms with Crippen molar-refractivity contribution in [1.82, 2.24) is 10.2 Å². The lowest BCUT2D eigenvalue weighted by Crippen LogP contribution is -2.27. The first-order valence-corrected chi connectivity index (χ1v) is 6.20. The molecule has 0 saturated heterocycles. The van der Waals surface area contributed by atoms with E-state index in [2.05, 4.69) is 16.8 Å². The van der Waals surface area contributed by atoms with Crippen LogP contribution < -0.4 is 5.32 Å². The maximum atomic E-state index is 12.0. The van der Waals surface area contributed by atoms with E-state index in [9.17, 15) is 4.79 Å². The molecule has 0 heterocycles. The van der Waals surface area contributed by atoms with Crippen molar-refractivity contribution in [2.24, 2.45) is 0 Å². The Morgan fingerprint density at radius 3 is 2.72 bits per heavy atom. The summed E-state index contributed by atoms with van der Waals surface area (Å²) in [5.74, 6) is 0.00173. The lowest BCUT2D eigenvalue weighted by molar-refractivity contribution is 0.0951. The predicted molar refractivity (Wildman–Crippen MR) is 76.8 cm³/mol. The predicted octanol–water partition coefficient (Wildman–Crippen LogP) is 2.32. The zero-order valence-corrected chi connectivity index (χ0v) is 11.5. The zero-order valence-electron chi connectivity index (χ0n) is 11.5. The minimum Gasteiger partial charge on any atom is -0.352 e. The minimum absolute atomic E-state index is 0.00173. The van der Waals surface area contributed by atoms with Crippen LogP contribution in [0.2, 0.25) is 0 Å². The van der Waals surface area contributed by atoms with E-state index in [1.54, 1.807) is 6.08 Å². The second-order valence-electron chi connectivity index (χ2n) is 4.69. The highest BCUT2D eigenvalue weighted by Gasteiger charge is 2.08. The van der Waals surface area contributed by atoms with Gasteiger partial charge in [0.05, 0.1) is 0 Å². The van der Waals surface area contributed by atoms with Crippen LogP contribution in [0.5, 0.6) is 0 Å². The van der Waals surface area contributed by atoms with E-state index in [0.717, 1.165) is 29.7 Å². The highest BCUT2D eigenvalue weighted by Crippen LogP contribution is 2.11. The topological polar surface area (TPSA) is 32.3 Å². The zero-order chi connectivity index (χ0) is 13.5. The van der Waals surface area contributed by atoms with Gasteiger partial charge < -0.3 is 10.2 Å². The number of rotatable bonds is 6. The molecule has 0 aliphatic rings. The highest BCUT2D eigenvalue weighted by atomic mass is 16.1. The van der Waals surface area contributed by atoms with Crippen molar-refractivity contribution in [3.05, 3.63) is 41.5 Å². The summed E-state index contributed by atoms with van der Waals surface area (Å²) in [5.41, 5.74) is 2.76. The van der Waals surface area contributed by atoms with Crippen molar-refractivity contribution in [3.63, 3.8) is 0 Å².